The van der Waals surface area contributed by atoms with Crippen LogP contribution in [0.15, 0.2) is 36.5 Å². The molecule has 0 amide bonds. The van der Waals surface area contributed by atoms with Crippen molar-refractivity contribution in [2.75, 3.05) is 0 Å². The van der Waals surface area contributed by atoms with Crippen molar-refractivity contribution in [2.24, 2.45) is 5.92 Å². The van der Waals surface area contributed by atoms with E-state index in [2.05, 4.69) is 4.98 Å². The van der Waals surface area contributed by atoms with E-state index >= 15 is 0 Å². The lowest BCUT2D eigenvalue weighted by Crippen LogP contribution is -2.29. The fourth-order valence-electron chi connectivity index (χ4n) is 3.00. The number of Topliss-reactive ketones (excluding diaryl/α,β-unsaturated/α-hetero) is 1. The van der Waals surface area contributed by atoms with Crippen molar-refractivity contribution in [1.82, 2.24) is 4.98 Å². The minimum atomic E-state index is -2.58. The summed E-state index contributed by atoms with van der Waals surface area (Å²) < 4.78 is 26.3. The van der Waals surface area contributed by atoms with Crippen LogP contribution >= 0.6 is 0 Å². The Balaban J connectivity index is 1.75. The van der Waals surface area contributed by atoms with E-state index in [9.17, 15) is 13.6 Å². The number of para-hydroxylation sites is 1. The number of fused-ring (bicyclic) bond motifs is 1. The number of halogens is 2. The van der Waals surface area contributed by atoms with Gasteiger partial charge in [0.1, 0.15) is 5.78 Å². The summed E-state index contributed by atoms with van der Waals surface area (Å²) in [7, 11) is 0. The first-order valence-electron chi connectivity index (χ1n) is 7.28. The maximum absolute atomic E-state index is 13.2. The van der Waals surface area contributed by atoms with Gasteiger partial charge >= 0.3 is 0 Å². The first-order valence-corrected chi connectivity index (χ1v) is 7.28. The minimum Gasteiger partial charge on any atom is -0.299 e. The smallest absolute Gasteiger partial charge is 0.248 e. The number of ketones is 1. The zero-order chi connectivity index (χ0) is 14.9. The van der Waals surface area contributed by atoms with Gasteiger partial charge in [0.15, 0.2) is 0 Å². The van der Waals surface area contributed by atoms with E-state index in [1.807, 2.05) is 30.3 Å². The topological polar surface area (TPSA) is 30.0 Å². The van der Waals surface area contributed by atoms with Crippen LogP contribution in [0.25, 0.3) is 10.9 Å². The lowest BCUT2D eigenvalue weighted by atomic mass is 9.82. The highest BCUT2D eigenvalue weighted by Gasteiger charge is 2.37. The van der Waals surface area contributed by atoms with Crippen LogP contribution in [0.5, 0.6) is 0 Å². The third-order valence-electron chi connectivity index (χ3n) is 4.28. The highest BCUT2D eigenvalue weighted by molar-refractivity contribution is 5.90. The van der Waals surface area contributed by atoms with Gasteiger partial charge in [-0.2, -0.15) is 0 Å². The van der Waals surface area contributed by atoms with Gasteiger partial charge in [-0.05, 0) is 30.5 Å². The van der Waals surface area contributed by atoms with E-state index in [4.69, 9.17) is 0 Å². The number of carbonyl (C=O) groups is 1. The number of alkyl halides is 2. The molecular weight excluding hydrogens is 272 g/mol. The lowest BCUT2D eigenvalue weighted by Gasteiger charge is -2.27. The Morgan fingerprint density at radius 1 is 1.19 bits per heavy atom. The average Bonchev–Trinajstić information content (AvgIpc) is 2.47. The van der Waals surface area contributed by atoms with Crippen molar-refractivity contribution in [1.29, 1.82) is 0 Å². The van der Waals surface area contributed by atoms with Crippen molar-refractivity contribution < 1.29 is 13.6 Å². The Morgan fingerprint density at radius 3 is 2.67 bits per heavy atom. The summed E-state index contributed by atoms with van der Waals surface area (Å²) in [6.07, 6.45) is 2.27. The number of rotatable bonds is 3. The number of nitrogens with zero attached hydrogens (tertiary/aromatic N) is 1. The van der Waals surface area contributed by atoms with Crippen molar-refractivity contribution >= 4 is 16.7 Å². The first-order chi connectivity index (χ1) is 10.1. The molecule has 1 aliphatic carbocycles. The largest absolute Gasteiger partial charge is 0.299 e. The SMILES string of the molecule is O=C(Cc1ccnc2ccccc12)C1CCC(F)(F)CC1. The van der Waals surface area contributed by atoms with Crippen LogP contribution < -0.4 is 0 Å². The molecule has 21 heavy (non-hydrogen) atoms. The van der Waals surface area contributed by atoms with Gasteiger partial charge in [0.25, 0.3) is 0 Å². The molecule has 0 atom stereocenters. The fraction of sp³-hybridized carbons (Fsp3) is 0.412. The van der Waals surface area contributed by atoms with Gasteiger partial charge in [-0.1, -0.05) is 18.2 Å². The summed E-state index contributed by atoms with van der Waals surface area (Å²) in [6, 6.07) is 9.52. The van der Waals surface area contributed by atoms with Crippen molar-refractivity contribution in [3.05, 3.63) is 42.1 Å². The highest BCUT2D eigenvalue weighted by Crippen LogP contribution is 2.37. The van der Waals surface area contributed by atoms with Crippen LogP contribution in [0.4, 0.5) is 8.78 Å². The van der Waals surface area contributed by atoms with E-state index < -0.39 is 5.92 Å². The van der Waals surface area contributed by atoms with Gasteiger partial charge in [0.05, 0.1) is 5.52 Å². The second-order valence-electron chi connectivity index (χ2n) is 5.76. The number of hydrogen-bond donors (Lipinski definition) is 0. The molecule has 0 spiro atoms. The summed E-state index contributed by atoms with van der Waals surface area (Å²) in [6.45, 7) is 0. The third-order valence-corrected chi connectivity index (χ3v) is 4.28. The lowest BCUT2D eigenvalue weighted by molar-refractivity contribution is -0.126. The van der Waals surface area contributed by atoms with Gasteiger partial charge in [-0.25, -0.2) is 8.78 Å². The third kappa shape index (κ3) is 3.09. The molecule has 1 fully saturated rings. The summed E-state index contributed by atoms with van der Waals surface area (Å²) >= 11 is 0. The molecule has 3 rings (SSSR count). The van der Waals surface area contributed by atoms with Crippen molar-refractivity contribution in [3.63, 3.8) is 0 Å². The standard InChI is InChI=1S/C17H17F2NO/c18-17(19)8-5-12(6-9-17)16(21)11-13-7-10-20-15-4-2-1-3-14(13)15/h1-4,7,10,12H,5-6,8-9,11H2. The average molecular weight is 289 g/mol. The van der Waals surface area contributed by atoms with Gasteiger partial charge in [0.2, 0.25) is 5.92 Å². The van der Waals surface area contributed by atoms with E-state index in [1.54, 1.807) is 6.20 Å². The van der Waals surface area contributed by atoms with E-state index in [0.717, 1.165) is 16.5 Å². The van der Waals surface area contributed by atoms with Crippen LogP contribution in [0.3, 0.4) is 0 Å². The van der Waals surface area contributed by atoms with Crippen molar-refractivity contribution in [3.8, 4) is 0 Å². The Bertz CT molecular complexity index is 653. The number of pyridine rings is 1. The van der Waals surface area contributed by atoms with Gasteiger partial charge in [-0.15, -0.1) is 0 Å². The van der Waals surface area contributed by atoms with Crippen molar-refractivity contribution in [2.45, 2.75) is 38.0 Å². The molecule has 0 unspecified atom stereocenters. The summed E-state index contributed by atoms with van der Waals surface area (Å²) in [4.78, 5) is 16.6. The molecule has 1 heterocycles. The number of carbonyl (C=O) groups excluding carboxylic acids is 1. The van der Waals surface area contributed by atoms with E-state index in [0.29, 0.717) is 19.3 Å². The predicted molar refractivity (Wildman–Crippen MR) is 77.4 cm³/mol. The maximum atomic E-state index is 13.2. The molecule has 2 nitrogen and oxygen atoms in total. The van der Waals surface area contributed by atoms with Gasteiger partial charge < -0.3 is 0 Å². The summed E-state index contributed by atoms with van der Waals surface area (Å²) in [5.41, 5.74) is 1.79. The molecule has 2 aromatic rings. The second kappa shape index (κ2) is 5.51. The molecule has 0 bridgehead atoms. The van der Waals surface area contributed by atoms with Crippen LogP contribution in [-0.2, 0) is 11.2 Å². The number of hydrogen-bond acceptors (Lipinski definition) is 2. The highest BCUT2D eigenvalue weighted by atomic mass is 19.3. The Kier molecular flexibility index (Phi) is 3.70. The molecule has 1 aromatic carbocycles. The quantitative estimate of drug-likeness (QED) is 0.848. The first kappa shape index (κ1) is 14.1. The molecule has 4 heteroatoms. The normalized spacial score (nSPS) is 18.8. The molecule has 1 aliphatic rings. The number of benzene rings is 1. The molecule has 0 N–H and O–H groups in total. The zero-order valence-electron chi connectivity index (χ0n) is 11.7. The van der Waals surface area contributed by atoms with Gasteiger partial charge in [0, 0.05) is 36.8 Å². The molecule has 1 saturated carbocycles. The molecule has 110 valence electrons. The van der Waals surface area contributed by atoms with Gasteiger partial charge in [-0.3, -0.25) is 9.78 Å². The summed E-state index contributed by atoms with van der Waals surface area (Å²) in [5, 5.41) is 0.967. The Morgan fingerprint density at radius 2 is 1.90 bits per heavy atom. The van der Waals surface area contributed by atoms with Crippen LogP contribution in [0, 0.1) is 5.92 Å². The zero-order valence-corrected chi connectivity index (χ0v) is 11.7. The maximum Gasteiger partial charge on any atom is 0.248 e. The molecule has 0 radical (unpaired) electrons. The molecule has 0 aliphatic heterocycles. The monoisotopic (exact) mass is 289 g/mol. The molecule has 0 saturated heterocycles. The summed E-state index contributed by atoms with van der Waals surface area (Å²) in [5.74, 6) is -2.74. The van der Waals surface area contributed by atoms with Crippen LogP contribution in [0.1, 0.15) is 31.2 Å². The molecule has 1 aromatic heterocycles. The fourth-order valence-corrected chi connectivity index (χ4v) is 3.00. The predicted octanol–water partition coefficient (Wildman–Crippen LogP) is 4.17. The van der Waals surface area contributed by atoms with Crippen LogP contribution in [0.2, 0.25) is 0 Å². The van der Waals surface area contributed by atoms with E-state index in [-0.39, 0.29) is 24.5 Å². The Hall–Kier alpha value is -1.84. The second-order valence-corrected chi connectivity index (χ2v) is 5.76. The molecular formula is C17H17F2NO. The van der Waals surface area contributed by atoms with E-state index in [1.165, 1.54) is 0 Å². The minimum absolute atomic E-state index is 0.0712. The Labute approximate surface area is 122 Å². The number of aromatic nitrogens is 1. The van der Waals surface area contributed by atoms with Crippen LogP contribution in [-0.4, -0.2) is 16.7 Å².